The van der Waals surface area contributed by atoms with Crippen molar-refractivity contribution in [1.29, 1.82) is 0 Å². The van der Waals surface area contributed by atoms with Crippen LogP contribution in [0.2, 0.25) is 5.02 Å². The summed E-state index contributed by atoms with van der Waals surface area (Å²) >= 11 is 7.95. The van der Waals surface area contributed by atoms with Gasteiger partial charge in [-0.3, -0.25) is 0 Å². The van der Waals surface area contributed by atoms with Gasteiger partial charge in [0.25, 0.3) is 0 Å². The minimum Gasteiger partial charge on any atom is -0.497 e. The third kappa shape index (κ3) is 7.99. The van der Waals surface area contributed by atoms with Crippen LogP contribution in [0.5, 0.6) is 17.2 Å². The SMILES string of the molecule is CCSC(=Nc1cc(Cl)ccc1OC)N(Cc1ccc(OC)cc1)Cc1ccc(OC)cc1.I. The Kier molecular flexibility index (Phi) is 11.9. The predicted octanol–water partition coefficient (Wildman–Crippen LogP) is 7.43. The Morgan fingerprint density at radius 2 is 1.35 bits per heavy atom. The minimum absolute atomic E-state index is 0. The molecule has 182 valence electrons. The Bertz CT molecular complexity index is 1010. The van der Waals surface area contributed by atoms with Gasteiger partial charge >= 0.3 is 0 Å². The zero-order valence-electron chi connectivity index (χ0n) is 19.8. The zero-order chi connectivity index (χ0) is 23.6. The van der Waals surface area contributed by atoms with Crippen LogP contribution < -0.4 is 14.2 Å². The first-order chi connectivity index (χ1) is 16.1. The van der Waals surface area contributed by atoms with Gasteiger partial charge in [0.2, 0.25) is 0 Å². The number of halogens is 2. The van der Waals surface area contributed by atoms with Crippen molar-refractivity contribution >= 4 is 58.2 Å². The molecule has 3 aromatic rings. The van der Waals surface area contributed by atoms with Gasteiger partial charge < -0.3 is 19.1 Å². The van der Waals surface area contributed by atoms with E-state index in [0.29, 0.717) is 29.5 Å². The molecule has 0 amide bonds. The molecule has 0 atom stereocenters. The van der Waals surface area contributed by atoms with E-state index in [0.717, 1.165) is 33.5 Å². The van der Waals surface area contributed by atoms with E-state index in [9.17, 15) is 0 Å². The number of aliphatic imine (C=N–C) groups is 1. The molecule has 3 rings (SSSR count). The maximum Gasteiger partial charge on any atom is 0.165 e. The molecule has 8 heteroatoms. The molecule has 0 aliphatic carbocycles. The summed E-state index contributed by atoms with van der Waals surface area (Å²) < 4.78 is 16.2. The second-order valence-electron chi connectivity index (χ2n) is 7.20. The van der Waals surface area contributed by atoms with Crippen molar-refractivity contribution in [3.05, 3.63) is 82.9 Å². The van der Waals surface area contributed by atoms with Gasteiger partial charge in [0, 0.05) is 18.1 Å². The van der Waals surface area contributed by atoms with Crippen molar-refractivity contribution in [2.45, 2.75) is 20.0 Å². The van der Waals surface area contributed by atoms with Crippen LogP contribution in [0.3, 0.4) is 0 Å². The molecule has 0 saturated heterocycles. The predicted molar refractivity (Wildman–Crippen MR) is 154 cm³/mol. The van der Waals surface area contributed by atoms with Crippen LogP contribution in [0, 0.1) is 0 Å². The van der Waals surface area contributed by atoms with Gasteiger partial charge in [-0.25, -0.2) is 4.99 Å². The molecule has 0 radical (unpaired) electrons. The van der Waals surface area contributed by atoms with Crippen molar-refractivity contribution in [3.8, 4) is 17.2 Å². The number of ether oxygens (including phenoxy) is 3. The van der Waals surface area contributed by atoms with E-state index in [-0.39, 0.29) is 24.0 Å². The Hall–Kier alpha value is -2.10. The lowest BCUT2D eigenvalue weighted by Crippen LogP contribution is -2.28. The van der Waals surface area contributed by atoms with Gasteiger partial charge in [-0.2, -0.15) is 0 Å². The number of rotatable bonds is 9. The molecule has 0 aliphatic rings. The van der Waals surface area contributed by atoms with Gasteiger partial charge in [-0.1, -0.05) is 54.6 Å². The molecule has 5 nitrogen and oxygen atoms in total. The Balaban J connectivity index is 0.00000408. The first kappa shape index (κ1) is 28.1. The van der Waals surface area contributed by atoms with E-state index < -0.39 is 0 Å². The van der Waals surface area contributed by atoms with Crippen molar-refractivity contribution in [1.82, 2.24) is 4.90 Å². The number of benzene rings is 3. The highest BCUT2D eigenvalue weighted by Gasteiger charge is 2.16. The summed E-state index contributed by atoms with van der Waals surface area (Å²) in [6.07, 6.45) is 0. The van der Waals surface area contributed by atoms with Crippen molar-refractivity contribution in [2.24, 2.45) is 4.99 Å². The molecular weight excluding hydrogens is 583 g/mol. The number of hydrogen-bond acceptors (Lipinski definition) is 5. The Morgan fingerprint density at radius 1 is 0.824 bits per heavy atom. The molecule has 0 aromatic heterocycles. The molecule has 34 heavy (non-hydrogen) atoms. The quantitative estimate of drug-likeness (QED) is 0.143. The third-order valence-corrected chi connectivity index (χ3v) is 6.10. The molecule has 0 spiro atoms. The summed E-state index contributed by atoms with van der Waals surface area (Å²) in [4.78, 5) is 7.25. The highest BCUT2D eigenvalue weighted by Crippen LogP contribution is 2.32. The van der Waals surface area contributed by atoms with Crippen molar-refractivity contribution in [3.63, 3.8) is 0 Å². The van der Waals surface area contributed by atoms with E-state index >= 15 is 0 Å². The highest BCUT2D eigenvalue weighted by atomic mass is 127. The lowest BCUT2D eigenvalue weighted by atomic mass is 10.1. The van der Waals surface area contributed by atoms with Crippen LogP contribution in [-0.4, -0.2) is 37.1 Å². The van der Waals surface area contributed by atoms with Crippen LogP contribution in [-0.2, 0) is 13.1 Å². The fourth-order valence-electron chi connectivity index (χ4n) is 3.27. The number of thioether (sulfide) groups is 1. The lowest BCUT2D eigenvalue weighted by molar-refractivity contribution is 0.404. The lowest BCUT2D eigenvalue weighted by Gasteiger charge is -2.26. The maximum atomic E-state index is 6.26. The molecule has 0 saturated carbocycles. The maximum absolute atomic E-state index is 6.26. The van der Waals surface area contributed by atoms with Crippen LogP contribution in [0.15, 0.2) is 71.7 Å². The molecule has 0 bridgehead atoms. The monoisotopic (exact) mass is 612 g/mol. The van der Waals surface area contributed by atoms with E-state index in [2.05, 4.69) is 36.1 Å². The van der Waals surface area contributed by atoms with Crippen molar-refractivity contribution < 1.29 is 14.2 Å². The van der Waals surface area contributed by atoms with Crippen LogP contribution in [0.1, 0.15) is 18.1 Å². The molecule has 0 heterocycles. The van der Waals surface area contributed by atoms with E-state index in [1.54, 1.807) is 39.2 Å². The summed E-state index contributed by atoms with van der Waals surface area (Å²) in [7, 11) is 4.99. The topological polar surface area (TPSA) is 43.3 Å². The van der Waals surface area contributed by atoms with Gasteiger partial charge in [0.1, 0.15) is 22.9 Å². The van der Waals surface area contributed by atoms with Crippen molar-refractivity contribution in [2.75, 3.05) is 27.1 Å². The minimum atomic E-state index is 0. The molecule has 3 aromatic carbocycles. The Morgan fingerprint density at radius 3 is 1.79 bits per heavy atom. The third-order valence-electron chi connectivity index (χ3n) is 4.97. The number of nitrogens with zero attached hydrogens (tertiary/aromatic N) is 2. The highest BCUT2D eigenvalue weighted by molar-refractivity contribution is 14.0. The molecule has 0 aliphatic heterocycles. The standard InChI is InChI=1S/C26H29ClN2O3S.HI/c1-5-33-26(28-24-16-21(27)10-15-25(24)32-4)29(17-19-6-11-22(30-2)12-7-19)18-20-8-13-23(31-3)14-9-20;/h6-16H,5,17-18H2,1-4H3;1H. The second kappa shape index (κ2) is 14.3. The molecular formula is C26H30ClIN2O3S. The van der Waals surface area contributed by atoms with Gasteiger partial charge in [0.05, 0.1) is 21.3 Å². The number of amidine groups is 1. The first-order valence-corrected chi connectivity index (χ1v) is 12.0. The van der Waals surface area contributed by atoms with E-state index in [1.807, 2.05) is 36.4 Å². The first-order valence-electron chi connectivity index (χ1n) is 10.6. The number of hydrogen-bond donors (Lipinski definition) is 0. The largest absolute Gasteiger partial charge is 0.497 e. The fourth-order valence-corrected chi connectivity index (χ4v) is 4.17. The summed E-state index contributed by atoms with van der Waals surface area (Å²) in [6.45, 7) is 3.49. The zero-order valence-corrected chi connectivity index (χ0v) is 23.7. The average Bonchev–Trinajstić information content (AvgIpc) is 2.84. The van der Waals surface area contributed by atoms with Gasteiger partial charge in [0.15, 0.2) is 5.17 Å². The van der Waals surface area contributed by atoms with Gasteiger partial charge in [-0.05, 0) is 59.3 Å². The molecule has 0 unspecified atom stereocenters. The van der Waals surface area contributed by atoms with Crippen LogP contribution in [0.25, 0.3) is 0 Å². The smallest absolute Gasteiger partial charge is 0.165 e. The Labute approximate surface area is 228 Å². The summed E-state index contributed by atoms with van der Waals surface area (Å²) in [5.41, 5.74) is 3.02. The van der Waals surface area contributed by atoms with E-state index in [4.69, 9.17) is 30.8 Å². The summed E-state index contributed by atoms with van der Waals surface area (Å²) in [5.74, 6) is 3.23. The average molecular weight is 613 g/mol. The molecule has 0 N–H and O–H groups in total. The van der Waals surface area contributed by atoms with E-state index in [1.165, 1.54) is 0 Å². The summed E-state index contributed by atoms with van der Waals surface area (Å²) in [6, 6.07) is 21.7. The summed E-state index contributed by atoms with van der Waals surface area (Å²) in [5, 5.41) is 1.51. The second-order valence-corrected chi connectivity index (χ2v) is 8.86. The van der Waals surface area contributed by atoms with Crippen LogP contribution >= 0.6 is 47.3 Å². The van der Waals surface area contributed by atoms with Crippen LogP contribution in [0.4, 0.5) is 5.69 Å². The number of methoxy groups -OCH3 is 3. The fraction of sp³-hybridized carbons (Fsp3) is 0.269. The van der Waals surface area contributed by atoms with Gasteiger partial charge in [-0.15, -0.1) is 24.0 Å². The molecule has 0 fully saturated rings. The normalized spacial score (nSPS) is 10.9.